The number of pyridine rings is 1. The van der Waals surface area contributed by atoms with Crippen LogP contribution in [0.25, 0.3) is 16.7 Å². The van der Waals surface area contributed by atoms with Crippen LogP contribution in [0.1, 0.15) is 39.4 Å². The number of aryl methyl sites for hydroxylation is 1. The maximum atomic E-state index is 13.2. The number of aromatic nitrogens is 3. The van der Waals surface area contributed by atoms with Crippen molar-refractivity contribution >= 4 is 16.8 Å². The Morgan fingerprint density at radius 1 is 1.04 bits per heavy atom. The smallest absolute Gasteiger partial charge is 0.281 e. The number of nitrogens with zero attached hydrogens (tertiary/aromatic N) is 2. The van der Waals surface area contributed by atoms with E-state index in [2.05, 4.69) is 10.1 Å². The van der Waals surface area contributed by atoms with Crippen molar-refractivity contribution in [2.75, 3.05) is 0 Å². The number of benzene rings is 2. The molecule has 1 aliphatic rings. The monoisotopic (exact) mass is 369 g/mol. The molecule has 138 valence electrons. The van der Waals surface area contributed by atoms with Gasteiger partial charge in [-0.15, -0.1) is 0 Å². The SMILES string of the molecule is Cc1cccc(-n2[nH]c3ncc4c(c3c2=O)CC(c2ccccc2)CC4=O)c1. The van der Waals surface area contributed by atoms with Gasteiger partial charge in [0.2, 0.25) is 0 Å². The van der Waals surface area contributed by atoms with Gasteiger partial charge < -0.3 is 0 Å². The molecule has 5 nitrogen and oxygen atoms in total. The van der Waals surface area contributed by atoms with Crippen molar-refractivity contribution in [3.8, 4) is 5.69 Å². The van der Waals surface area contributed by atoms with Crippen molar-refractivity contribution in [2.45, 2.75) is 25.7 Å². The molecule has 1 aliphatic carbocycles. The van der Waals surface area contributed by atoms with E-state index in [9.17, 15) is 9.59 Å². The van der Waals surface area contributed by atoms with E-state index in [0.717, 1.165) is 22.4 Å². The molecule has 1 unspecified atom stereocenters. The summed E-state index contributed by atoms with van der Waals surface area (Å²) in [5.74, 6) is 0.126. The first-order valence-corrected chi connectivity index (χ1v) is 9.39. The lowest BCUT2D eigenvalue weighted by atomic mass is 9.79. The van der Waals surface area contributed by atoms with Gasteiger partial charge in [-0.05, 0) is 48.1 Å². The number of aromatic amines is 1. The van der Waals surface area contributed by atoms with Crippen molar-refractivity contribution in [2.24, 2.45) is 0 Å². The Morgan fingerprint density at radius 3 is 2.64 bits per heavy atom. The molecule has 1 N–H and O–H groups in total. The summed E-state index contributed by atoms with van der Waals surface area (Å²) < 4.78 is 1.52. The third kappa shape index (κ3) is 2.59. The molecule has 2 aromatic heterocycles. The van der Waals surface area contributed by atoms with Crippen molar-refractivity contribution in [3.05, 3.63) is 93.4 Å². The lowest BCUT2D eigenvalue weighted by molar-refractivity contribution is 0.0964. The second-order valence-electron chi connectivity index (χ2n) is 7.40. The first-order chi connectivity index (χ1) is 13.6. The normalized spacial score (nSPS) is 16.3. The summed E-state index contributed by atoms with van der Waals surface area (Å²) in [6.07, 6.45) is 2.71. The van der Waals surface area contributed by atoms with Crippen LogP contribution < -0.4 is 5.56 Å². The topological polar surface area (TPSA) is 67.8 Å². The van der Waals surface area contributed by atoms with Crippen LogP contribution in [0.2, 0.25) is 0 Å². The number of carbonyl (C=O) groups is 1. The summed E-state index contributed by atoms with van der Waals surface area (Å²) in [7, 11) is 0. The average molecular weight is 369 g/mol. The Bertz CT molecular complexity index is 1270. The standard InChI is InChI=1S/C23H19N3O2/c1-14-6-5-9-17(10-14)26-23(28)21-18-11-16(15-7-3-2-4-8-15)12-20(27)19(18)13-24-22(21)25-26/h2-10,13,16H,11-12H2,1H3,(H,24,25). The van der Waals surface area contributed by atoms with Gasteiger partial charge >= 0.3 is 0 Å². The second-order valence-corrected chi connectivity index (χ2v) is 7.40. The summed E-state index contributed by atoms with van der Waals surface area (Å²) in [6.45, 7) is 1.99. The molecule has 0 bridgehead atoms. The highest BCUT2D eigenvalue weighted by atomic mass is 16.1. The summed E-state index contributed by atoms with van der Waals surface area (Å²) in [4.78, 5) is 30.4. The van der Waals surface area contributed by atoms with Gasteiger partial charge in [0.05, 0.1) is 11.1 Å². The lowest BCUT2D eigenvalue weighted by Gasteiger charge is -2.23. The van der Waals surface area contributed by atoms with Crippen LogP contribution in [0.4, 0.5) is 0 Å². The highest BCUT2D eigenvalue weighted by Gasteiger charge is 2.30. The first-order valence-electron chi connectivity index (χ1n) is 9.39. The molecular weight excluding hydrogens is 350 g/mol. The molecule has 0 amide bonds. The fraction of sp³-hybridized carbons (Fsp3) is 0.174. The number of nitrogens with one attached hydrogen (secondary N) is 1. The van der Waals surface area contributed by atoms with Crippen LogP contribution in [0.5, 0.6) is 0 Å². The van der Waals surface area contributed by atoms with Gasteiger partial charge in [0, 0.05) is 18.2 Å². The fourth-order valence-corrected chi connectivity index (χ4v) is 4.15. The van der Waals surface area contributed by atoms with E-state index < -0.39 is 0 Å². The lowest BCUT2D eigenvalue weighted by Crippen LogP contribution is -2.22. The number of carbonyl (C=O) groups excluding carboxylic acids is 1. The summed E-state index contributed by atoms with van der Waals surface area (Å²) in [5, 5.41) is 3.63. The van der Waals surface area contributed by atoms with E-state index in [4.69, 9.17) is 0 Å². The van der Waals surface area contributed by atoms with Gasteiger partial charge in [-0.2, -0.15) is 0 Å². The summed E-state index contributed by atoms with van der Waals surface area (Å²) in [5.41, 5.74) is 4.70. The van der Waals surface area contributed by atoms with E-state index >= 15 is 0 Å². The Morgan fingerprint density at radius 2 is 1.86 bits per heavy atom. The fourth-order valence-electron chi connectivity index (χ4n) is 4.15. The van der Waals surface area contributed by atoms with Crippen LogP contribution in [0.15, 0.2) is 65.6 Å². The summed E-state index contributed by atoms with van der Waals surface area (Å²) in [6, 6.07) is 17.8. The minimum atomic E-state index is -0.161. The minimum Gasteiger partial charge on any atom is -0.294 e. The molecular formula is C23H19N3O2. The predicted octanol–water partition coefficient (Wildman–Crippen LogP) is 3.93. The Balaban J connectivity index is 1.69. The van der Waals surface area contributed by atoms with Gasteiger partial charge in [-0.25, -0.2) is 9.67 Å². The van der Waals surface area contributed by atoms with Crippen molar-refractivity contribution in [1.29, 1.82) is 0 Å². The van der Waals surface area contributed by atoms with Crippen molar-refractivity contribution < 1.29 is 4.79 Å². The molecule has 5 heteroatoms. The number of Topliss-reactive ketones (excluding diaryl/α,β-unsaturated/α-hetero) is 1. The maximum absolute atomic E-state index is 13.2. The van der Waals surface area contributed by atoms with Crippen LogP contribution >= 0.6 is 0 Å². The molecule has 0 saturated heterocycles. The zero-order valence-corrected chi connectivity index (χ0v) is 15.5. The second kappa shape index (κ2) is 6.30. The van der Waals surface area contributed by atoms with Gasteiger partial charge in [-0.1, -0.05) is 42.5 Å². The molecule has 2 heterocycles. The Labute approximate surface area is 161 Å². The van der Waals surface area contributed by atoms with Gasteiger partial charge in [0.25, 0.3) is 5.56 Å². The molecule has 0 aliphatic heterocycles. The largest absolute Gasteiger partial charge is 0.294 e. The number of ketones is 1. The van der Waals surface area contributed by atoms with E-state index in [1.54, 1.807) is 6.20 Å². The zero-order valence-electron chi connectivity index (χ0n) is 15.5. The number of fused-ring (bicyclic) bond motifs is 3. The van der Waals surface area contributed by atoms with Gasteiger partial charge in [0.15, 0.2) is 11.4 Å². The molecule has 0 spiro atoms. The number of rotatable bonds is 2. The molecule has 0 saturated carbocycles. The molecule has 28 heavy (non-hydrogen) atoms. The quantitative estimate of drug-likeness (QED) is 0.582. The van der Waals surface area contributed by atoms with Crippen LogP contribution in [-0.4, -0.2) is 20.5 Å². The highest BCUT2D eigenvalue weighted by molar-refractivity contribution is 6.02. The number of hydrogen-bond acceptors (Lipinski definition) is 3. The van der Waals surface area contributed by atoms with E-state index in [1.807, 2.05) is 61.5 Å². The van der Waals surface area contributed by atoms with Crippen LogP contribution in [0.3, 0.4) is 0 Å². The third-order valence-corrected chi connectivity index (χ3v) is 5.53. The van der Waals surface area contributed by atoms with E-state index in [-0.39, 0.29) is 17.3 Å². The van der Waals surface area contributed by atoms with Crippen LogP contribution in [0, 0.1) is 6.92 Å². The maximum Gasteiger partial charge on any atom is 0.281 e. The Kier molecular flexibility index (Phi) is 3.76. The van der Waals surface area contributed by atoms with Gasteiger partial charge in [0.1, 0.15) is 0 Å². The number of H-pyrrole nitrogens is 1. The molecule has 5 rings (SSSR count). The zero-order chi connectivity index (χ0) is 19.3. The van der Waals surface area contributed by atoms with E-state index in [1.165, 1.54) is 4.68 Å². The molecule has 4 aromatic rings. The van der Waals surface area contributed by atoms with Gasteiger partial charge in [-0.3, -0.25) is 14.7 Å². The van der Waals surface area contributed by atoms with Crippen molar-refractivity contribution in [1.82, 2.24) is 14.8 Å². The molecule has 2 aromatic carbocycles. The minimum absolute atomic E-state index is 0.0483. The predicted molar refractivity (Wildman–Crippen MR) is 108 cm³/mol. The average Bonchev–Trinajstić information content (AvgIpc) is 3.05. The molecule has 0 radical (unpaired) electrons. The molecule has 0 fully saturated rings. The third-order valence-electron chi connectivity index (χ3n) is 5.53. The van der Waals surface area contributed by atoms with Crippen molar-refractivity contribution in [3.63, 3.8) is 0 Å². The van der Waals surface area contributed by atoms with Crippen LogP contribution in [-0.2, 0) is 6.42 Å². The first kappa shape index (κ1) is 16.7. The molecule has 1 atom stereocenters. The summed E-state index contributed by atoms with van der Waals surface area (Å²) >= 11 is 0. The highest BCUT2D eigenvalue weighted by Crippen LogP contribution is 2.34. The van der Waals surface area contributed by atoms with E-state index in [0.29, 0.717) is 29.4 Å². The Hall–Kier alpha value is -3.47. The number of hydrogen-bond donors (Lipinski definition) is 1.